The third kappa shape index (κ3) is 6.79. The number of amides is 1. The Kier molecular flexibility index (Phi) is 9.09. The van der Waals surface area contributed by atoms with Crippen molar-refractivity contribution < 1.29 is 27.4 Å². The summed E-state index contributed by atoms with van der Waals surface area (Å²) < 4.78 is 45.5. The molecule has 0 atom stereocenters. The van der Waals surface area contributed by atoms with Gasteiger partial charge in [-0.2, -0.15) is 4.98 Å². The van der Waals surface area contributed by atoms with Crippen molar-refractivity contribution in [1.29, 1.82) is 0 Å². The third-order valence-electron chi connectivity index (χ3n) is 7.50. The lowest BCUT2D eigenvalue weighted by Gasteiger charge is -2.26. The number of hydrogen-bond donors (Lipinski definition) is 3. The molecule has 12 nitrogen and oxygen atoms in total. The maximum Gasteiger partial charge on any atom is 0.319 e. The molecule has 4 aromatic rings. The topological polar surface area (TPSA) is 148 Å². The van der Waals surface area contributed by atoms with Gasteiger partial charge in [-0.25, -0.2) is 13.4 Å². The zero-order valence-electron chi connectivity index (χ0n) is 25.6. The van der Waals surface area contributed by atoms with Gasteiger partial charge in [-0.3, -0.25) is 14.4 Å². The van der Waals surface area contributed by atoms with Crippen LogP contribution < -0.4 is 19.5 Å². The van der Waals surface area contributed by atoms with Gasteiger partial charge in [0.05, 0.1) is 37.9 Å². The minimum absolute atomic E-state index is 0.105. The summed E-state index contributed by atoms with van der Waals surface area (Å²) in [6, 6.07) is 12.0. The maximum atomic E-state index is 13.6. The second-order valence-corrected chi connectivity index (χ2v) is 13.2. The number of ether oxygens (including phenoxy) is 3. The molecule has 1 saturated heterocycles. The first-order valence-electron chi connectivity index (χ1n) is 14.3. The smallest absolute Gasteiger partial charge is 0.319 e. The molecule has 234 valence electrons. The van der Waals surface area contributed by atoms with Crippen LogP contribution in [-0.2, 0) is 20.2 Å². The van der Waals surface area contributed by atoms with Crippen molar-refractivity contribution in [3.63, 3.8) is 0 Å². The number of aromatic amines is 1. The number of aromatic nitrogens is 3. The zero-order valence-corrected chi connectivity index (χ0v) is 26.4. The van der Waals surface area contributed by atoms with Crippen molar-refractivity contribution in [1.82, 2.24) is 25.2 Å². The molecule has 0 saturated carbocycles. The highest BCUT2D eigenvalue weighted by Gasteiger charge is 2.25. The Morgan fingerprint density at radius 1 is 1.07 bits per heavy atom. The Morgan fingerprint density at radius 3 is 2.45 bits per heavy atom. The highest BCUT2D eigenvalue weighted by molar-refractivity contribution is 7.92. The molecule has 3 heterocycles. The first-order valence-corrected chi connectivity index (χ1v) is 15.8. The molecule has 13 heteroatoms. The zero-order chi connectivity index (χ0) is 31.5. The van der Waals surface area contributed by atoms with Gasteiger partial charge in [0.25, 0.3) is 15.9 Å². The number of carbonyl (C=O) groups is 1. The fourth-order valence-corrected chi connectivity index (χ4v) is 6.12. The lowest BCUT2D eigenvalue weighted by atomic mass is 9.87. The van der Waals surface area contributed by atoms with Crippen molar-refractivity contribution in [3.8, 4) is 23.0 Å². The quantitative estimate of drug-likeness (QED) is 0.240. The lowest BCUT2D eigenvalue weighted by molar-refractivity contribution is 0.0383. The van der Waals surface area contributed by atoms with Gasteiger partial charge in [-0.05, 0) is 41.3 Å². The van der Waals surface area contributed by atoms with Crippen LogP contribution in [0.15, 0.2) is 53.6 Å². The maximum absolute atomic E-state index is 13.6. The van der Waals surface area contributed by atoms with E-state index >= 15 is 0 Å². The van der Waals surface area contributed by atoms with Gasteiger partial charge < -0.3 is 24.5 Å². The fraction of sp³-hybridized carbons (Fsp3) is 0.387. The van der Waals surface area contributed by atoms with Crippen molar-refractivity contribution in [2.75, 3.05) is 58.3 Å². The summed E-state index contributed by atoms with van der Waals surface area (Å²) >= 11 is 0. The van der Waals surface area contributed by atoms with E-state index in [0.717, 1.165) is 18.7 Å². The first-order chi connectivity index (χ1) is 21.0. The molecule has 1 amide bonds. The number of benzene rings is 2. The summed E-state index contributed by atoms with van der Waals surface area (Å²) in [6.07, 6.45) is 1.52. The number of rotatable bonds is 10. The molecule has 3 N–H and O–H groups in total. The molecule has 0 spiro atoms. The van der Waals surface area contributed by atoms with Gasteiger partial charge in [0.2, 0.25) is 5.88 Å². The predicted octanol–water partition coefficient (Wildman–Crippen LogP) is 3.80. The molecule has 1 aliphatic rings. The highest BCUT2D eigenvalue weighted by atomic mass is 32.2. The van der Waals surface area contributed by atoms with E-state index in [0.29, 0.717) is 54.0 Å². The van der Waals surface area contributed by atoms with Crippen LogP contribution in [0.25, 0.3) is 22.0 Å². The molecular formula is C31H38N6O6S. The van der Waals surface area contributed by atoms with E-state index in [1.807, 2.05) is 12.1 Å². The summed E-state index contributed by atoms with van der Waals surface area (Å²) in [4.78, 5) is 27.7. The number of sulfonamides is 1. The average molecular weight is 623 g/mol. The average Bonchev–Trinajstić information content (AvgIpc) is 3.39. The van der Waals surface area contributed by atoms with Gasteiger partial charge in [0, 0.05) is 54.5 Å². The number of anilines is 1. The Balaban J connectivity index is 1.50. The number of hydrogen-bond acceptors (Lipinski definition) is 9. The van der Waals surface area contributed by atoms with Crippen molar-refractivity contribution in [2.24, 2.45) is 0 Å². The van der Waals surface area contributed by atoms with Crippen LogP contribution >= 0.6 is 0 Å². The Hall–Kier alpha value is -4.20. The SMILES string of the molecule is COc1ncc(-c2c(C(=O)NCCN3CCOCC3)[nH]c3ccc(NS(=O)(=O)c4ccc(C(C)(C)C)cc4)cc23)c(OC)n1. The standard InChI is InChI=1S/C31H38N6O6S/c1-31(2,3)20-6-9-22(10-7-20)44(39,40)36-21-8-11-25-23(18-21)26(24-19-33-30(42-5)35-29(24)41-4)27(34-25)28(38)32-12-13-37-14-16-43-17-15-37/h6-11,18-19,34,36H,12-17H2,1-5H3,(H,32,38). The summed E-state index contributed by atoms with van der Waals surface area (Å²) in [5.74, 6) is -0.131. The Bertz CT molecular complexity index is 1740. The first kappa shape index (κ1) is 31.2. The molecule has 0 unspecified atom stereocenters. The summed E-state index contributed by atoms with van der Waals surface area (Å²) in [7, 11) is -0.983. The minimum Gasteiger partial charge on any atom is -0.480 e. The van der Waals surface area contributed by atoms with Crippen LogP contribution in [-0.4, -0.2) is 87.8 Å². The van der Waals surface area contributed by atoms with Crippen LogP contribution in [0.4, 0.5) is 5.69 Å². The van der Waals surface area contributed by atoms with E-state index < -0.39 is 10.0 Å². The van der Waals surface area contributed by atoms with Gasteiger partial charge >= 0.3 is 6.01 Å². The molecule has 5 rings (SSSR count). The van der Waals surface area contributed by atoms with Crippen molar-refractivity contribution in [3.05, 3.63) is 59.9 Å². The molecule has 0 bridgehead atoms. The second-order valence-electron chi connectivity index (χ2n) is 11.5. The molecule has 44 heavy (non-hydrogen) atoms. The monoisotopic (exact) mass is 622 g/mol. The molecule has 0 radical (unpaired) electrons. The van der Waals surface area contributed by atoms with E-state index in [2.05, 4.69) is 50.7 Å². The molecule has 1 aliphatic heterocycles. The Labute approximate surface area is 257 Å². The molecule has 2 aromatic heterocycles. The van der Waals surface area contributed by atoms with Crippen LogP contribution in [0.3, 0.4) is 0 Å². The largest absolute Gasteiger partial charge is 0.480 e. The Morgan fingerprint density at radius 2 is 1.80 bits per heavy atom. The summed E-state index contributed by atoms with van der Waals surface area (Å²) in [5.41, 5.74) is 3.05. The minimum atomic E-state index is -3.89. The van der Waals surface area contributed by atoms with Gasteiger partial charge in [0.15, 0.2) is 0 Å². The van der Waals surface area contributed by atoms with Crippen molar-refractivity contribution >= 4 is 32.5 Å². The molecular weight excluding hydrogens is 584 g/mol. The van der Waals surface area contributed by atoms with E-state index in [1.54, 1.807) is 30.3 Å². The molecule has 0 aliphatic carbocycles. The van der Waals surface area contributed by atoms with Gasteiger partial charge in [-0.1, -0.05) is 32.9 Å². The second kappa shape index (κ2) is 12.8. The van der Waals surface area contributed by atoms with Crippen LogP contribution in [0.5, 0.6) is 11.9 Å². The molecule has 2 aromatic carbocycles. The normalized spacial score (nSPS) is 14.4. The number of fused-ring (bicyclic) bond motifs is 1. The van der Waals surface area contributed by atoms with Gasteiger partial charge in [0.1, 0.15) is 5.69 Å². The highest BCUT2D eigenvalue weighted by Crippen LogP contribution is 2.39. The van der Waals surface area contributed by atoms with Crippen LogP contribution in [0, 0.1) is 0 Å². The van der Waals surface area contributed by atoms with Crippen molar-refractivity contribution in [2.45, 2.75) is 31.1 Å². The van der Waals surface area contributed by atoms with E-state index in [-0.39, 0.29) is 33.8 Å². The number of morpholine rings is 1. The van der Waals surface area contributed by atoms with E-state index in [4.69, 9.17) is 14.2 Å². The number of H-pyrrole nitrogens is 1. The van der Waals surface area contributed by atoms with Gasteiger partial charge in [-0.15, -0.1) is 0 Å². The van der Waals surface area contributed by atoms with E-state index in [1.165, 1.54) is 20.4 Å². The van der Waals surface area contributed by atoms with Crippen LogP contribution in [0.2, 0.25) is 0 Å². The predicted molar refractivity (Wildman–Crippen MR) is 168 cm³/mol. The summed E-state index contributed by atoms with van der Waals surface area (Å²) in [5, 5.41) is 3.58. The number of carbonyl (C=O) groups excluding carboxylic acids is 1. The van der Waals surface area contributed by atoms with E-state index in [9.17, 15) is 13.2 Å². The lowest BCUT2D eigenvalue weighted by Crippen LogP contribution is -2.41. The van der Waals surface area contributed by atoms with Crippen LogP contribution in [0.1, 0.15) is 36.8 Å². The number of methoxy groups -OCH3 is 2. The summed E-state index contributed by atoms with van der Waals surface area (Å²) in [6.45, 7) is 10.3. The number of nitrogens with zero attached hydrogens (tertiary/aromatic N) is 3. The third-order valence-corrected chi connectivity index (χ3v) is 8.90. The molecule has 1 fully saturated rings. The number of nitrogens with one attached hydrogen (secondary N) is 3. The fourth-order valence-electron chi connectivity index (χ4n) is 5.07.